The number of hydrogen-bond acceptors (Lipinski definition) is 6. The number of nitrogens with one attached hydrogen (secondary N) is 1. The van der Waals surface area contributed by atoms with Crippen molar-refractivity contribution in [3.05, 3.63) is 97.2 Å². The number of unbranched alkanes of at least 4 members (excludes halogenated alkanes) is 28. The van der Waals surface area contributed by atoms with Crippen molar-refractivity contribution in [3.63, 3.8) is 0 Å². The number of carbonyl (C=O) groups excluding carboxylic acids is 1. The maximum absolute atomic E-state index is 13.0. The first-order chi connectivity index (χ1) is 37.0. The van der Waals surface area contributed by atoms with Gasteiger partial charge in [-0.2, -0.15) is 0 Å². The van der Waals surface area contributed by atoms with Crippen LogP contribution in [0.25, 0.3) is 0 Å². The SMILES string of the molecule is CC/C=C\C/C=C\C/C=C\C/C=C\C/C=C\C/C=C\C/C=C\C/C=C\CCCCCCC(=O)NC(COP(=O)([O-])OCC[N+](C)(C)C)C(O)CCCCCCCCCCCCCCCCCCCCCCCCCCC. The normalized spacial score (nSPS) is 14.5. The lowest BCUT2D eigenvalue weighted by Crippen LogP contribution is -2.46. The number of nitrogens with zero attached hydrogens (tertiary/aromatic N) is 1. The summed E-state index contributed by atoms with van der Waals surface area (Å²) in [5.74, 6) is -0.190. The maximum atomic E-state index is 13.0. The molecule has 3 unspecified atom stereocenters. The molecule has 2 N–H and O–H groups in total. The molecule has 9 heteroatoms. The molecular formula is C67H121N2O6P. The summed E-state index contributed by atoms with van der Waals surface area (Å²) in [5.41, 5.74) is 0. The van der Waals surface area contributed by atoms with Gasteiger partial charge in [-0.05, 0) is 77.0 Å². The minimum absolute atomic E-state index is 0.00197. The molecule has 76 heavy (non-hydrogen) atoms. The molecule has 0 saturated carbocycles. The van der Waals surface area contributed by atoms with Gasteiger partial charge in [0.05, 0.1) is 39.9 Å². The Balaban J connectivity index is 4.22. The van der Waals surface area contributed by atoms with Gasteiger partial charge < -0.3 is 28.8 Å². The Morgan fingerprint density at radius 2 is 0.803 bits per heavy atom. The minimum atomic E-state index is -4.59. The molecule has 0 aromatic carbocycles. The summed E-state index contributed by atoms with van der Waals surface area (Å²) in [4.78, 5) is 25.6. The lowest BCUT2D eigenvalue weighted by molar-refractivity contribution is -0.870. The van der Waals surface area contributed by atoms with Crippen molar-refractivity contribution in [2.45, 2.75) is 283 Å². The molecule has 0 radical (unpaired) electrons. The molecule has 0 aliphatic heterocycles. The van der Waals surface area contributed by atoms with Crippen LogP contribution in [-0.2, 0) is 18.4 Å². The van der Waals surface area contributed by atoms with Crippen LogP contribution in [-0.4, -0.2) is 68.5 Å². The van der Waals surface area contributed by atoms with Crippen LogP contribution in [0.3, 0.4) is 0 Å². The fourth-order valence-corrected chi connectivity index (χ4v) is 9.66. The monoisotopic (exact) mass is 1080 g/mol. The number of hydrogen-bond donors (Lipinski definition) is 2. The van der Waals surface area contributed by atoms with Crippen LogP contribution in [0.4, 0.5) is 0 Å². The predicted molar refractivity (Wildman–Crippen MR) is 329 cm³/mol. The van der Waals surface area contributed by atoms with Gasteiger partial charge >= 0.3 is 0 Å². The Morgan fingerprint density at radius 3 is 1.17 bits per heavy atom. The second-order valence-corrected chi connectivity index (χ2v) is 23.8. The number of amides is 1. The van der Waals surface area contributed by atoms with E-state index >= 15 is 0 Å². The van der Waals surface area contributed by atoms with Gasteiger partial charge in [-0.3, -0.25) is 9.36 Å². The molecule has 440 valence electrons. The standard InChI is InChI=1S/C67H121N2O6P/c1-6-8-10-12-14-16-18-20-22-24-26-28-30-32-33-34-35-37-39-41-43-45-47-49-51-53-55-57-59-61-67(71)68-65(64-75-76(72,73)74-63-62-69(3,4)5)66(70)60-58-56-54-52-50-48-46-44-42-40-38-36-31-29-27-25-23-21-19-17-15-13-11-9-7-2/h8,10,14,16,20,22,26,28,32-33,35,37,41,43,47,49,65-66,70H,6-7,9,11-13,15,17-19,21,23-25,27,29-31,34,36,38-40,42,44-46,48,50-64H2,1-5H3,(H-,68,71,72,73)/b10-8-,16-14-,22-20-,28-26-,33-32-,37-35-,43-41-,49-47-. The fraction of sp³-hybridized carbons (Fsp3) is 0.746. The van der Waals surface area contributed by atoms with E-state index < -0.39 is 20.0 Å². The number of allylic oxidation sites excluding steroid dienone is 16. The van der Waals surface area contributed by atoms with Crippen LogP contribution in [0, 0.1) is 0 Å². The third kappa shape index (κ3) is 59.1. The van der Waals surface area contributed by atoms with E-state index in [9.17, 15) is 19.4 Å². The van der Waals surface area contributed by atoms with Gasteiger partial charge in [0.1, 0.15) is 13.2 Å². The first kappa shape index (κ1) is 73.4. The van der Waals surface area contributed by atoms with Gasteiger partial charge in [0.2, 0.25) is 5.91 Å². The van der Waals surface area contributed by atoms with Crippen molar-refractivity contribution in [1.82, 2.24) is 5.32 Å². The molecule has 0 spiro atoms. The van der Waals surface area contributed by atoms with Gasteiger partial charge in [-0.1, -0.05) is 284 Å². The summed E-state index contributed by atoms with van der Waals surface area (Å²) >= 11 is 0. The van der Waals surface area contributed by atoms with E-state index in [-0.39, 0.29) is 19.1 Å². The van der Waals surface area contributed by atoms with Crippen LogP contribution in [0.2, 0.25) is 0 Å². The molecule has 0 fully saturated rings. The molecule has 0 rings (SSSR count). The lowest BCUT2D eigenvalue weighted by Gasteiger charge is -2.30. The highest BCUT2D eigenvalue weighted by Gasteiger charge is 2.24. The van der Waals surface area contributed by atoms with Crippen molar-refractivity contribution in [3.8, 4) is 0 Å². The Morgan fingerprint density at radius 1 is 0.474 bits per heavy atom. The molecule has 1 amide bonds. The van der Waals surface area contributed by atoms with Crippen molar-refractivity contribution < 1.29 is 32.9 Å². The second-order valence-electron chi connectivity index (χ2n) is 22.4. The second kappa shape index (κ2) is 57.1. The van der Waals surface area contributed by atoms with E-state index in [0.29, 0.717) is 23.9 Å². The minimum Gasteiger partial charge on any atom is -0.756 e. The number of aliphatic hydroxyl groups is 1. The predicted octanol–water partition coefficient (Wildman–Crippen LogP) is 19.1. The molecule has 0 heterocycles. The van der Waals surface area contributed by atoms with E-state index in [2.05, 4.69) is 116 Å². The summed E-state index contributed by atoms with van der Waals surface area (Å²) < 4.78 is 23.5. The van der Waals surface area contributed by atoms with Crippen LogP contribution in [0.5, 0.6) is 0 Å². The lowest BCUT2D eigenvalue weighted by atomic mass is 10.0. The highest BCUT2D eigenvalue weighted by Crippen LogP contribution is 2.38. The molecule has 0 aromatic heterocycles. The van der Waals surface area contributed by atoms with E-state index in [0.717, 1.165) is 103 Å². The Labute approximate surface area is 470 Å². The zero-order valence-electron chi connectivity index (χ0n) is 50.2. The van der Waals surface area contributed by atoms with E-state index in [1.165, 1.54) is 141 Å². The molecule has 0 aliphatic carbocycles. The first-order valence-corrected chi connectivity index (χ1v) is 33.0. The van der Waals surface area contributed by atoms with Crippen LogP contribution < -0.4 is 10.2 Å². The zero-order valence-corrected chi connectivity index (χ0v) is 51.1. The van der Waals surface area contributed by atoms with Crippen molar-refractivity contribution in [2.75, 3.05) is 40.9 Å². The van der Waals surface area contributed by atoms with Gasteiger partial charge in [0.25, 0.3) is 7.82 Å². The molecular weight excluding hydrogens is 960 g/mol. The summed E-state index contributed by atoms with van der Waals surface area (Å²) in [7, 11) is 1.28. The summed E-state index contributed by atoms with van der Waals surface area (Å²) in [5, 5.41) is 14.0. The average molecular weight is 1080 g/mol. The van der Waals surface area contributed by atoms with E-state index in [1.54, 1.807) is 0 Å². The van der Waals surface area contributed by atoms with Gasteiger partial charge in [-0.15, -0.1) is 0 Å². The summed E-state index contributed by atoms with van der Waals surface area (Å²) in [6.45, 7) is 4.60. The largest absolute Gasteiger partial charge is 0.756 e. The number of phosphoric acid groups is 1. The number of likely N-dealkylation sites (N-methyl/N-ethyl adjacent to an activating group) is 1. The summed E-state index contributed by atoms with van der Waals surface area (Å²) in [6, 6.07) is -0.823. The molecule has 0 aliphatic rings. The maximum Gasteiger partial charge on any atom is 0.268 e. The quantitative estimate of drug-likeness (QED) is 0.0272. The third-order valence-corrected chi connectivity index (χ3v) is 14.8. The Hall–Kier alpha value is -2.58. The highest BCUT2D eigenvalue weighted by atomic mass is 31.2. The molecule has 3 atom stereocenters. The van der Waals surface area contributed by atoms with Crippen molar-refractivity contribution in [2.24, 2.45) is 0 Å². The molecule has 0 aromatic rings. The smallest absolute Gasteiger partial charge is 0.268 e. The van der Waals surface area contributed by atoms with Gasteiger partial charge in [-0.25, -0.2) is 0 Å². The molecule has 8 nitrogen and oxygen atoms in total. The number of carbonyl (C=O) groups is 1. The number of phosphoric ester groups is 1. The van der Waals surface area contributed by atoms with Gasteiger partial charge in [0.15, 0.2) is 0 Å². The van der Waals surface area contributed by atoms with Gasteiger partial charge in [0, 0.05) is 6.42 Å². The Bertz CT molecular complexity index is 1560. The Kier molecular flexibility index (Phi) is 55.2. The number of rotatable bonds is 57. The van der Waals surface area contributed by atoms with Crippen molar-refractivity contribution >= 4 is 13.7 Å². The summed E-state index contributed by atoms with van der Waals surface area (Å²) in [6.07, 6.45) is 81.7. The average Bonchev–Trinajstić information content (AvgIpc) is 3.38. The van der Waals surface area contributed by atoms with E-state index in [1.807, 2.05) is 21.1 Å². The number of aliphatic hydroxyl groups excluding tert-OH is 1. The van der Waals surface area contributed by atoms with Crippen molar-refractivity contribution in [1.29, 1.82) is 0 Å². The molecule has 0 bridgehead atoms. The van der Waals surface area contributed by atoms with Crippen LogP contribution in [0.1, 0.15) is 271 Å². The topological polar surface area (TPSA) is 108 Å². The van der Waals surface area contributed by atoms with Crippen LogP contribution in [0.15, 0.2) is 97.2 Å². The van der Waals surface area contributed by atoms with E-state index in [4.69, 9.17) is 9.05 Å². The van der Waals surface area contributed by atoms with Crippen LogP contribution >= 0.6 is 7.82 Å². The fourth-order valence-electron chi connectivity index (χ4n) is 8.94. The molecule has 0 saturated heterocycles. The zero-order chi connectivity index (χ0) is 55.6. The highest BCUT2D eigenvalue weighted by molar-refractivity contribution is 7.45. The first-order valence-electron chi connectivity index (χ1n) is 31.6. The third-order valence-electron chi connectivity index (χ3n) is 13.8. The number of quaternary nitrogens is 1.